The van der Waals surface area contributed by atoms with E-state index in [4.69, 9.17) is 9.84 Å². The van der Waals surface area contributed by atoms with Gasteiger partial charge in [-0.05, 0) is 20.3 Å². The van der Waals surface area contributed by atoms with E-state index in [9.17, 15) is 0 Å². The minimum Gasteiger partial charge on any atom is -0.394 e. The maximum absolute atomic E-state index is 8.33. The first kappa shape index (κ1) is 9.66. The summed E-state index contributed by atoms with van der Waals surface area (Å²) in [7, 11) is 0. The smallest absolute Gasteiger partial charge is 0.0697 e. The second-order valence-corrected chi connectivity index (χ2v) is 2.41. The summed E-state index contributed by atoms with van der Waals surface area (Å²) < 4.78 is 5.04. The molecule has 0 saturated heterocycles. The minimum atomic E-state index is 0.120. The van der Waals surface area contributed by atoms with Crippen molar-refractivity contribution >= 4 is 0 Å². The third kappa shape index (κ3) is 7.66. The van der Waals surface area contributed by atoms with Crippen LogP contribution in [-0.2, 0) is 4.74 Å². The Kier molecular flexibility index (Phi) is 6.55. The quantitative estimate of drug-likeness (QED) is 0.466. The normalized spacial score (nSPS) is 9.50. The van der Waals surface area contributed by atoms with Crippen LogP contribution in [0, 0.1) is 0 Å². The summed E-state index contributed by atoms with van der Waals surface area (Å²) in [6.07, 6.45) is 3.07. The van der Waals surface area contributed by atoms with Crippen LogP contribution < -0.4 is 0 Å². The van der Waals surface area contributed by atoms with Crippen molar-refractivity contribution in [3.8, 4) is 0 Å². The lowest BCUT2D eigenvalue weighted by atomic mass is 10.3. The Bertz CT molecular complexity index is 93.4. The summed E-state index contributed by atoms with van der Waals surface area (Å²) in [5.74, 6) is 0. The summed E-state index contributed by atoms with van der Waals surface area (Å²) in [6, 6.07) is 0. The molecule has 0 aliphatic rings. The van der Waals surface area contributed by atoms with Crippen LogP contribution in [-0.4, -0.2) is 24.9 Å². The standard InChI is InChI=1S/C8H16O2/c1-8(2)4-3-6-10-7-5-9/h4,9H,3,5-7H2,1-2H3. The molecule has 0 unspecified atom stereocenters. The summed E-state index contributed by atoms with van der Waals surface area (Å²) >= 11 is 0. The molecular weight excluding hydrogens is 128 g/mol. The molecule has 0 aliphatic heterocycles. The number of aliphatic hydroxyl groups is 1. The zero-order valence-corrected chi connectivity index (χ0v) is 6.76. The Labute approximate surface area is 62.5 Å². The number of rotatable bonds is 5. The van der Waals surface area contributed by atoms with Crippen molar-refractivity contribution in [1.82, 2.24) is 0 Å². The van der Waals surface area contributed by atoms with E-state index in [0.717, 1.165) is 6.42 Å². The van der Waals surface area contributed by atoms with E-state index in [2.05, 4.69) is 19.9 Å². The van der Waals surface area contributed by atoms with E-state index in [0.29, 0.717) is 13.2 Å². The van der Waals surface area contributed by atoms with Crippen molar-refractivity contribution in [2.24, 2.45) is 0 Å². The predicted molar refractivity (Wildman–Crippen MR) is 42.0 cm³/mol. The van der Waals surface area contributed by atoms with Gasteiger partial charge in [-0.3, -0.25) is 0 Å². The largest absolute Gasteiger partial charge is 0.394 e. The van der Waals surface area contributed by atoms with Crippen molar-refractivity contribution in [3.05, 3.63) is 11.6 Å². The third-order valence-corrected chi connectivity index (χ3v) is 1.05. The van der Waals surface area contributed by atoms with Crippen molar-refractivity contribution in [3.63, 3.8) is 0 Å². The van der Waals surface area contributed by atoms with Crippen molar-refractivity contribution in [2.45, 2.75) is 20.3 Å². The van der Waals surface area contributed by atoms with Crippen LogP contribution in [0.25, 0.3) is 0 Å². The maximum atomic E-state index is 8.33. The number of ether oxygens (including phenoxy) is 1. The molecule has 2 heteroatoms. The fraction of sp³-hybridized carbons (Fsp3) is 0.750. The van der Waals surface area contributed by atoms with Gasteiger partial charge < -0.3 is 9.84 Å². The van der Waals surface area contributed by atoms with Crippen molar-refractivity contribution < 1.29 is 9.84 Å². The molecule has 60 valence electrons. The minimum absolute atomic E-state index is 0.120. The van der Waals surface area contributed by atoms with Crippen molar-refractivity contribution in [2.75, 3.05) is 19.8 Å². The van der Waals surface area contributed by atoms with E-state index in [1.54, 1.807) is 0 Å². The molecule has 0 aliphatic carbocycles. The molecule has 0 amide bonds. The van der Waals surface area contributed by atoms with Gasteiger partial charge in [0.25, 0.3) is 0 Å². The maximum Gasteiger partial charge on any atom is 0.0697 e. The molecule has 0 bridgehead atoms. The topological polar surface area (TPSA) is 29.5 Å². The summed E-state index contributed by atoms with van der Waals surface area (Å²) in [5.41, 5.74) is 1.31. The van der Waals surface area contributed by atoms with Crippen LogP contribution in [0.3, 0.4) is 0 Å². The van der Waals surface area contributed by atoms with Gasteiger partial charge in [-0.25, -0.2) is 0 Å². The first-order chi connectivity index (χ1) is 4.77. The molecule has 0 rings (SSSR count). The lowest BCUT2D eigenvalue weighted by molar-refractivity contribution is 0.0954. The first-order valence-corrected chi connectivity index (χ1v) is 3.59. The van der Waals surface area contributed by atoms with Crippen LogP contribution in [0.1, 0.15) is 20.3 Å². The lowest BCUT2D eigenvalue weighted by Gasteiger charge is -1.97. The van der Waals surface area contributed by atoms with Crippen molar-refractivity contribution in [1.29, 1.82) is 0 Å². The van der Waals surface area contributed by atoms with Gasteiger partial charge in [0.05, 0.1) is 19.8 Å². The summed E-state index contributed by atoms with van der Waals surface area (Å²) in [6.45, 7) is 5.41. The SMILES string of the molecule is CC(C)=CCCOCCO. The Morgan fingerprint density at radius 3 is 2.60 bits per heavy atom. The molecule has 0 radical (unpaired) electrons. The number of hydrogen-bond acceptors (Lipinski definition) is 2. The van der Waals surface area contributed by atoms with Crippen LogP contribution in [0.5, 0.6) is 0 Å². The first-order valence-electron chi connectivity index (χ1n) is 3.59. The van der Waals surface area contributed by atoms with Gasteiger partial charge in [0.2, 0.25) is 0 Å². The molecule has 2 nitrogen and oxygen atoms in total. The molecule has 10 heavy (non-hydrogen) atoms. The zero-order chi connectivity index (χ0) is 7.82. The van der Waals surface area contributed by atoms with Gasteiger partial charge in [0.1, 0.15) is 0 Å². The van der Waals surface area contributed by atoms with Gasteiger partial charge >= 0.3 is 0 Å². The highest BCUT2D eigenvalue weighted by molar-refractivity contribution is 4.92. The van der Waals surface area contributed by atoms with Crippen LogP contribution in [0.15, 0.2) is 11.6 Å². The van der Waals surface area contributed by atoms with E-state index >= 15 is 0 Å². The molecule has 0 fully saturated rings. The Morgan fingerprint density at radius 2 is 2.10 bits per heavy atom. The van der Waals surface area contributed by atoms with Gasteiger partial charge in [0, 0.05) is 0 Å². The second-order valence-electron chi connectivity index (χ2n) is 2.41. The average molecular weight is 144 g/mol. The van der Waals surface area contributed by atoms with Gasteiger partial charge in [0.15, 0.2) is 0 Å². The monoisotopic (exact) mass is 144 g/mol. The average Bonchev–Trinajstić information content (AvgIpc) is 1.87. The molecule has 1 N–H and O–H groups in total. The lowest BCUT2D eigenvalue weighted by Crippen LogP contribution is -1.99. The number of allylic oxidation sites excluding steroid dienone is 1. The third-order valence-electron chi connectivity index (χ3n) is 1.05. The highest BCUT2D eigenvalue weighted by Crippen LogP contribution is 1.92. The molecule has 0 atom stereocenters. The summed E-state index contributed by atoms with van der Waals surface area (Å²) in [5, 5.41) is 8.33. The van der Waals surface area contributed by atoms with Crippen LogP contribution in [0.2, 0.25) is 0 Å². The van der Waals surface area contributed by atoms with E-state index in [1.807, 2.05) is 0 Å². The van der Waals surface area contributed by atoms with E-state index < -0.39 is 0 Å². The Hall–Kier alpha value is -0.340. The Balaban J connectivity index is 2.98. The molecule has 0 saturated carbocycles. The van der Waals surface area contributed by atoms with Gasteiger partial charge in [-0.1, -0.05) is 11.6 Å². The number of hydrogen-bond donors (Lipinski definition) is 1. The highest BCUT2D eigenvalue weighted by atomic mass is 16.5. The molecule has 0 aromatic rings. The zero-order valence-electron chi connectivity index (χ0n) is 6.76. The molecule has 0 aromatic heterocycles. The fourth-order valence-corrected chi connectivity index (χ4v) is 0.598. The van der Waals surface area contributed by atoms with Crippen LogP contribution in [0.4, 0.5) is 0 Å². The van der Waals surface area contributed by atoms with E-state index in [-0.39, 0.29) is 6.61 Å². The number of aliphatic hydroxyl groups excluding tert-OH is 1. The van der Waals surface area contributed by atoms with Gasteiger partial charge in [-0.2, -0.15) is 0 Å². The Morgan fingerprint density at radius 1 is 1.40 bits per heavy atom. The molecule has 0 heterocycles. The highest BCUT2D eigenvalue weighted by Gasteiger charge is 1.83. The molecule has 0 spiro atoms. The summed E-state index contributed by atoms with van der Waals surface area (Å²) in [4.78, 5) is 0. The molecular formula is C8H16O2. The predicted octanol–water partition coefficient (Wildman–Crippen LogP) is 1.35. The fourth-order valence-electron chi connectivity index (χ4n) is 0.598. The van der Waals surface area contributed by atoms with Gasteiger partial charge in [-0.15, -0.1) is 0 Å². The second kappa shape index (κ2) is 6.78. The van der Waals surface area contributed by atoms with Crippen LogP contribution >= 0.6 is 0 Å². The van der Waals surface area contributed by atoms with E-state index in [1.165, 1.54) is 5.57 Å². The molecule has 0 aromatic carbocycles.